The summed E-state index contributed by atoms with van der Waals surface area (Å²) in [5.74, 6) is 0.883. The molecule has 0 aliphatic carbocycles. The number of ether oxygens (including phenoxy) is 4. The molecule has 0 N–H and O–H groups in total. The van der Waals surface area contributed by atoms with E-state index in [4.69, 9.17) is 35.0 Å². The molecule has 4 aromatic rings. The topological polar surface area (TPSA) is 84.2 Å². The average molecular weight is 491 g/mol. The fourth-order valence-electron chi connectivity index (χ4n) is 3.89. The molecule has 0 unspecified atom stereocenters. The second kappa shape index (κ2) is 8.85. The molecule has 0 saturated heterocycles. The number of rotatable bonds is 5. The zero-order valence-electron chi connectivity index (χ0n) is 19.0. The molecule has 7 nitrogen and oxygen atoms in total. The van der Waals surface area contributed by atoms with Crippen LogP contribution in [0.2, 0.25) is 5.02 Å². The highest BCUT2D eigenvalue weighted by Crippen LogP contribution is 2.39. The van der Waals surface area contributed by atoms with Crippen LogP contribution in [0, 0.1) is 6.92 Å². The first-order valence-electron chi connectivity index (χ1n) is 10.6. The Labute approximate surface area is 205 Å². The fourth-order valence-corrected chi connectivity index (χ4v) is 4.07. The van der Waals surface area contributed by atoms with E-state index in [1.165, 1.54) is 13.2 Å². The molecule has 0 atom stereocenters. The first kappa shape index (κ1) is 22.6. The minimum Gasteiger partial charge on any atom is -0.497 e. The van der Waals surface area contributed by atoms with E-state index in [1.807, 2.05) is 0 Å². The summed E-state index contributed by atoms with van der Waals surface area (Å²) < 4.78 is 27.5. The number of fused-ring (bicyclic) bond motifs is 2. The van der Waals surface area contributed by atoms with Crippen LogP contribution in [0.5, 0.6) is 23.0 Å². The molecule has 35 heavy (non-hydrogen) atoms. The van der Waals surface area contributed by atoms with Gasteiger partial charge in [-0.05, 0) is 61.0 Å². The Morgan fingerprint density at radius 2 is 1.80 bits per heavy atom. The van der Waals surface area contributed by atoms with Crippen LogP contribution in [-0.4, -0.2) is 26.0 Å². The minimum atomic E-state index is -0.681. The summed E-state index contributed by atoms with van der Waals surface area (Å²) in [4.78, 5) is 25.7. The third-order valence-electron chi connectivity index (χ3n) is 5.56. The first-order chi connectivity index (χ1) is 16.9. The molecule has 0 saturated carbocycles. The van der Waals surface area contributed by atoms with Crippen molar-refractivity contribution in [2.75, 3.05) is 14.2 Å². The van der Waals surface area contributed by atoms with Gasteiger partial charge in [-0.2, -0.15) is 0 Å². The molecule has 1 aromatic heterocycles. The van der Waals surface area contributed by atoms with Crippen molar-refractivity contribution in [3.63, 3.8) is 0 Å². The molecule has 1 aliphatic rings. The van der Waals surface area contributed by atoms with Crippen molar-refractivity contribution in [2.45, 2.75) is 6.92 Å². The number of ketones is 1. The van der Waals surface area contributed by atoms with Crippen LogP contribution < -0.4 is 18.9 Å². The van der Waals surface area contributed by atoms with Crippen molar-refractivity contribution in [1.29, 1.82) is 0 Å². The van der Waals surface area contributed by atoms with Crippen LogP contribution in [0.4, 0.5) is 0 Å². The third-order valence-corrected chi connectivity index (χ3v) is 5.80. The van der Waals surface area contributed by atoms with Gasteiger partial charge in [0.2, 0.25) is 11.5 Å². The summed E-state index contributed by atoms with van der Waals surface area (Å²) in [5.41, 5.74) is 2.18. The number of esters is 1. The number of carbonyl (C=O) groups is 2. The third kappa shape index (κ3) is 4.22. The molecule has 2 heterocycles. The summed E-state index contributed by atoms with van der Waals surface area (Å²) >= 11 is 6.00. The molecule has 0 bridgehead atoms. The van der Waals surface area contributed by atoms with Crippen LogP contribution in [0.3, 0.4) is 0 Å². The predicted molar refractivity (Wildman–Crippen MR) is 130 cm³/mol. The van der Waals surface area contributed by atoms with Crippen molar-refractivity contribution < 1.29 is 33.0 Å². The molecule has 3 aromatic carbocycles. The van der Waals surface area contributed by atoms with Gasteiger partial charge in [0.05, 0.1) is 19.8 Å². The Morgan fingerprint density at radius 1 is 0.971 bits per heavy atom. The number of benzene rings is 3. The standard InChI is InChI=1S/C27H19ClO7/c1-14-8-19(33-27(30)24-11-16-9-17(28)5-7-20(16)34-24)13-22-25(14)26(29)23(35-22)10-15-4-6-18(31-2)12-21(15)32-3/h4-13H,1-3H3/b23-10-. The number of halogens is 1. The molecule has 8 heteroatoms. The molecule has 176 valence electrons. The lowest BCUT2D eigenvalue weighted by molar-refractivity contribution is 0.0703. The van der Waals surface area contributed by atoms with E-state index in [0.29, 0.717) is 49.9 Å². The molecule has 0 spiro atoms. The number of furan rings is 1. The lowest BCUT2D eigenvalue weighted by Gasteiger charge is -2.08. The van der Waals surface area contributed by atoms with Crippen LogP contribution in [0.1, 0.15) is 32.0 Å². The van der Waals surface area contributed by atoms with Crippen LogP contribution in [0.25, 0.3) is 17.0 Å². The highest BCUT2D eigenvalue weighted by Gasteiger charge is 2.31. The van der Waals surface area contributed by atoms with E-state index in [-0.39, 0.29) is 23.1 Å². The van der Waals surface area contributed by atoms with E-state index < -0.39 is 5.97 Å². The van der Waals surface area contributed by atoms with E-state index in [1.54, 1.807) is 68.6 Å². The molecule has 0 fully saturated rings. The number of methoxy groups -OCH3 is 2. The lowest BCUT2D eigenvalue weighted by Crippen LogP contribution is -2.07. The second-order valence-electron chi connectivity index (χ2n) is 7.84. The Balaban J connectivity index is 1.41. The minimum absolute atomic E-state index is 0.0320. The van der Waals surface area contributed by atoms with Crippen LogP contribution >= 0.6 is 11.6 Å². The number of carbonyl (C=O) groups excluding carboxylic acids is 2. The number of hydrogen-bond donors (Lipinski definition) is 0. The number of hydrogen-bond acceptors (Lipinski definition) is 7. The normalized spacial score (nSPS) is 13.6. The summed E-state index contributed by atoms with van der Waals surface area (Å²) in [6.45, 7) is 1.75. The molecule has 0 amide bonds. The van der Waals surface area contributed by atoms with Gasteiger partial charge in [0.25, 0.3) is 0 Å². The highest BCUT2D eigenvalue weighted by atomic mass is 35.5. The number of Topliss-reactive ketones (excluding diaryl/α,β-unsaturated/α-hetero) is 1. The van der Waals surface area contributed by atoms with E-state index in [9.17, 15) is 9.59 Å². The summed E-state index contributed by atoms with van der Waals surface area (Å²) in [6.07, 6.45) is 1.60. The van der Waals surface area contributed by atoms with Gasteiger partial charge in [-0.1, -0.05) is 11.6 Å². The zero-order chi connectivity index (χ0) is 24.7. The van der Waals surface area contributed by atoms with Crippen LogP contribution in [0.15, 0.2) is 64.8 Å². The predicted octanol–water partition coefficient (Wildman–Crippen LogP) is 6.25. The monoisotopic (exact) mass is 490 g/mol. The van der Waals surface area contributed by atoms with Crippen molar-refractivity contribution in [3.8, 4) is 23.0 Å². The molecular weight excluding hydrogens is 472 g/mol. The van der Waals surface area contributed by atoms with Gasteiger partial charge < -0.3 is 23.4 Å². The van der Waals surface area contributed by atoms with Gasteiger partial charge >= 0.3 is 5.97 Å². The van der Waals surface area contributed by atoms with Crippen molar-refractivity contribution in [3.05, 3.63) is 87.8 Å². The van der Waals surface area contributed by atoms with Crippen molar-refractivity contribution >= 4 is 40.4 Å². The Bertz CT molecular complexity index is 1530. The molecular formula is C27H19ClO7. The SMILES string of the molecule is COc1ccc(/C=C2\Oc3cc(OC(=O)c4cc5cc(Cl)ccc5o4)cc(C)c3C2=O)c(OC)c1. The molecule has 5 rings (SSSR count). The first-order valence-corrected chi connectivity index (χ1v) is 11.0. The average Bonchev–Trinajstić information content (AvgIpc) is 3.40. The Hall–Kier alpha value is -4.23. The maximum absolute atomic E-state index is 13.0. The maximum Gasteiger partial charge on any atom is 0.379 e. The number of allylic oxidation sites excluding steroid dienone is 1. The maximum atomic E-state index is 13.0. The van der Waals surface area contributed by atoms with Gasteiger partial charge in [-0.3, -0.25) is 4.79 Å². The van der Waals surface area contributed by atoms with Gasteiger partial charge in [-0.25, -0.2) is 4.79 Å². The largest absolute Gasteiger partial charge is 0.497 e. The zero-order valence-corrected chi connectivity index (χ0v) is 19.8. The van der Waals surface area contributed by atoms with Crippen LogP contribution in [-0.2, 0) is 0 Å². The summed E-state index contributed by atoms with van der Waals surface area (Å²) in [7, 11) is 3.09. The summed E-state index contributed by atoms with van der Waals surface area (Å²) in [5, 5.41) is 1.22. The van der Waals surface area contributed by atoms with E-state index >= 15 is 0 Å². The molecule has 0 radical (unpaired) electrons. The smallest absolute Gasteiger partial charge is 0.379 e. The van der Waals surface area contributed by atoms with Gasteiger partial charge in [0.15, 0.2) is 5.76 Å². The Kier molecular flexibility index (Phi) is 5.70. The summed E-state index contributed by atoms with van der Waals surface area (Å²) in [6, 6.07) is 15.0. The lowest BCUT2D eigenvalue weighted by atomic mass is 10.0. The highest BCUT2D eigenvalue weighted by molar-refractivity contribution is 6.31. The van der Waals surface area contributed by atoms with Gasteiger partial charge in [0, 0.05) is 28.1 Å². The van der Waals surface area contributed by atoms with E-state index in [2.05, 4.69) is 0 Å². The van der Waals surface area contributed by atoms with Crippen molar-refractivity contribution in [1.82, 2.24) is 0 Å². The molecule has 1 aliphatic heterocycles. The van der Waals surface area contributed by atoms with Crippen molar-refractivity contribution in [2.24, 2.45) is 0 Å². The fraction of sp³-hybridized carbons (Fsp3) is 0.111. The Morgan fingerprint density at radius 3 is 2.57 bits per heavy atom. The number of aryl methyl sites for hydroxylation is 1. The van der Waals surface area contributed by atoms with Gasteiger partial charge in [0.1, 0.15) is 28.6 Å². The quantitative estimate of drug-likeness (QED) is 0.186. The van der Waals surface area contributed by atoms with Gasteiger partial charge in [-0.15, -0.1) is 0 Å². The second-order valence-corrected chi connectivity index (χ2v) is 8.28. The van der Waals surface area contributed by atoms with E-state index in [0.717, 1.165) is 0 Å².